The Morgan fingerprint density at radius 2 is 2.04 bits per heavy atom. The third-order valence-corrected chi connectivity index (χ3v) is 4.39. The van der Waals surface area contributed by atoms with Crippen LogP contribution in [0.15, 0.2) is 30.3 Å². The highest BCUT2D eigenvalue weighted by Gasteiger charge is 2.17. The standard InChI is InChI=1S/C20H25FN4O3/c1-14(28-17-8-4-3-7-16(17)21)20(26)22-9-12-27-19-13-18(23-15(2)24-19)25-10-5-6-11-25/h3-4,7-8,13-14H,5-6,9-12H2,1-2H3,(H,22,26). The van der Waals surface area contributed by atoms with Gasteiger partial charge in [0.2, 0.25) is 5.88 Å². The van der Waals surface area contributed by atoms with Crippen LogP contribution in [0.4, 0.5) is 10.2 Å². The number of halogens is 1. The monoisotopic (exact) mass is 388 g/mol. The summed E-state index contributed by atoms with van der Waals surface area (Å²) in [6.07, 6.45) is 1.51. The number of nitrogens with zero attached hydrogens (tertiary/aromatic N) is 3. The van der Waals surface area contributed by atoms with Crippen LogP contribution in [0, 0.1) is 12.7 Å². The number of aryl methyl sites for hydroxylation is 1. The first-order valence-electron chi connectivity index (χ1n) is 9.45. The van der Waals surface area contributed by atoms with Crippen LogP contribution < -0.4 is 19.7 Å². The molecule has 0 saturated carbocycles. The normalized spacial score (nSPS) is 14.6. The summed E-state index contributed by atoms with van der Waals surface area (Å²) < 4.78 is 24.6. The summed E-state index contributed by atoms with van der Waals surface area (Å²) in [5.41, 5.74) is 0. The van der Waals surface area contributed by atoms with Crippen molar-refractivity contribution in [1.82, 2.24) is 15.3 Å². The lowest BCUT2D eigenvalue weighted by Crippen LogP contribution is -2.38. The predicted molar refractivity (Wildman–Crippen MR) is 103 cm³/mol. The minimum atomic E-state index is -0.819. The molecule has 150 valence electrons. The molecular formula is C20H25FN4O3. The van der Waals surface area contributed by atoms with E-state index in [1.54, 1.807) is 19.1 Å². The summed E-state index contributed by atoms with van der Waals surface area (Å²) >= 11 is 0. The van der Waals surface area contributed by atoms with Crippen molar-refractivity contribution < 1.29 is 18.7 Å². The first kappa shape index (κ1) is 19.9. The summed E-state index contributed by atoms with van der Waals surface area (Å²) in [6.45, 7) is 5.92. The van der Waals surface area contributed by atoms with Gasteiger partial charge in [-0.15, -0.1) is 0 Å². The number of anilines is 1. The quantitative estimate of drug-likeness (QED) is 0.700. The van der Waals surface area contributed by atoms with Gasteiger partial charge in [0.1, 0.15) is 18.2 Å². The van der Waals surface area contributed by atoms with E-state index in [-0.39, 0.29) is 24.8 Å². The fourth-order valence-corrected chi connectivity index (χ4v) is 2.97. The molecule has 1 aromatic carbocycles. The Labute approximate surface area is 163 Å². The molecule has 2 aromatic rings. The van der Waals surface area contributed by atoms with Crippen molar-refractivity contribution in [1.29, 1.82) is 0 Å². The smallest absolute Gasteiger partial charge is 0.260 e. The van der Waals surface area contributed by atoms with Crippen molar-refractivity contribution in [3.8, 4) is 11.6 Å². The molecule has 28 heavy (non-hydrogen) atoms. The largest absolute Gasteiger partial charge is 0.478 e. The van der Waals surface area contributed by atoms with E-state index in [2.05, 4.69) is 20.2 Å². The second-order valence-electron chi connectivity index (χ2n) is 6.64. The van der Waals surface area contributed by atoms with Gasteiger partial charge in [-0.3, -0.25) is 4.79 Å². The highest BCUT2D eigenvalue weighted by Crippen LogP contribution is 2.21. The lowest BCUT2D eigenvalue weighted by molar-refractivity contribution is -0.127. The maximum Gasteiger partial charge on any atom is 0.260 e. The van der Waals surface area contributed by atoms with Crippen molar-refractivity contribution in [2.75, 3.05) is 31.1 Å². The zero-order chi connectivity index (χ0) is 19.9. The molecule has 0 bridgehead atoms. The number of rotatable bonds is 8. The third-order valence-electron chi connectivity index (χ3n) is 4.39. The number of carbonyl (C=O) groups excluding carboxylic acids is 1. The van der Waals surface area contributed by atoms with E-state index < -0.39 is 11.9 Å². The molecule has 1 amide bonds. The third kappa shape index (κ3) is 5.31. The first-order valence-corrected chi connectivity index (χ1v) is 9.45. The molecule has 1 saturated heterocycles. The summed E-state index contributed by atoms with van der Waals surface area (Å²) in [4.78, 5) is 23.1. The van der Waals surface area contributed by atoms with Gasteiger partial charge in [0.25, 0.3) is 5.91 Å². The van der Waals surface area contributed by atoms with E-state index in [1.165, 1.54) is 25.0 Å². The van der Waals surface area contributed by atoms with Crippen molar-refractivity contribution in [3.05, 3.63) is 42.0 Å². The van der Waals surface area contributed by atoms with Gasteiger partial charge < -0.3 is 19.7 Å². The number of ether oxygens (including phenoxy) is 2. The molecule has 1 fully saturated rings. The number of aromatic nitrogens is 2. The molecule has 0 spiro atoms. The molecule has 1 N–H and O–H groups in total. The van der Waals surface area contributed by atoms with Crippen LogP contribution in [-0.4, -0.2) is 48.2 Å². The van der Waals surface area contributed by atoms with Crippen molar-refractivity contribution in [2.45, 2.75) is 32.8 Å². The summed E-state index contributed by atoms with van der Waals surface area (Å²) in [7, 11) is 0. The summed E-state index contributed by atoms with van der Waals surface area (Å²) in [5, 5.41) is 2.71. The molecule has 3 rings (SSSR count). The number of amides is 1. The topological polar surface area (TPSA) is 76.6 Å². The minimum absolute atomic E-state index is 0.0484. The molecule has 2 heterocycles. The second kappa shape index (κ2) is 9.34. The van der Waals surface area contributed by atoms with Crippen LogP contribution in [-0.2, 0) is 4.79 Å². The van der Waals surface area contributed by atoms with Gasteiger partial charge in [0.05, 0.1) is 6.54 Å². The number of para-hydroxylation sites is 1. The fraction of sp³-hybridized carbons (Fsp3) is 0.450. The Hall–Kier alpha value is -2.90. The predicted octanol–water partition coefficient (Wildman–Crippen LogP) is 2.49. The number of hydrogen-bond donors (Lipinski definition) is 1. The van der Waals surface area contributed by atoms with Gasteiger partial charge in [-0.1, -0.05) is 12.1 Å². The number of carbonyl (C=O) groups is 1. The van der Waals surface area contributed by atoms with Crippen molar-refractivity contribution in [2.24, 2.45) is 0 Å². The lowest BCUT2D eigenvalue weighted by Gasteiger charge is -2.18. The van der Waals surface area contributed by atoms with Crippen molar-refractivity contribution in [3.63, 3.8) is 0 Å². The minimum Gasteiger partial charge on any atom is -0.478 e. The highest BCUT2D eigenvalue weighted by molar-refractivity contribution is 5.80. The van der Waals surface area contributed by atoms with Gasteiger partial charge in [-0.25, -0.2) is 9.37 Å². The van der Waals surface area contributed by atoms with E-state index in [0.29, 0.717) is 11.7 Å². The van der Waals surface area contributed by atoms with E-state index in [4.69, 9.17) is 9.47 Å². The Morgan fingerprint density at radius 1 is 1.29 bits per heavy atom. The lowest BCUT2D eigenvalue weighted by atomic mass is 10.3. The SMILES string of the molecule is Cc1nc(OCCNC(=O)C(C)Oc2ccccc2F)cc(N2CCCC2)n1. The van der Waals surface area contributed by atoms with Gasteiger partial charge in [0, 0.05) is 19.2 Å². The molecule has 1 unspecified atom stereocenters. The Morgan fingerprint density at radius 3 is 2.79 bits per heavy atom. The Bertz CT molecular complexity index is 812. The maximum absolute atomic E-state index is 13.6. The number of benzene rings is 1. The van der Waals surface area contributed by atoms with Crippen LogP contribution in [0.3, 0.4) is 0 Å². The summed E-state index contributed by atoms with van der Waals surface area (Å²) in [6, 6.07) is 7.81. The second-order valence-corrected chi connectivity index (χ2v) is 6.64. The van der Waals surface area contributed by atoms with Crippen LogP contribution in [0.5, 0.6) is 11.6 Å². The number of nitrogens with one attached hydrogen (secondary N) is 1. The Kier molecular flexibility index (Phi) is 6.62. The average Bonchev–Trinajstić information content (AvgIpc) is 3.21. The zero-order valence-corrected chi connectivity index (χ0v) is 16.2. The molecule has 0 radical (unpaired) electrons. The molecular weight excluding hydrogens is 363 g/mol. The maximum atomic E-state index is 13.6. The van der Waals surface area contributed by atoms with Crippen molar-refractivity contribution >= 4 is 11.7 Å². The van der Waals surface area contributed by atoms with E-state index in [9.17, 15) is 9.18 Å². The first-order chi connectivity index (χ1) is 13.5. The van der Waals surface area contributed by atoms with E-state index >= 15 is 0 Å². The van der Waals surface area contributed by atoms with Gasteiger partial charge >= 0.3 is 0 Å². The van der Waals surface area contributed by atoms with Crippen LogP contribution in [0.1, 0.15) is 25.6 Å². The Balaban J connectivity index is 1.45. The molecule has 1 atom stereocenters. The van der Waals surface area contributed by atoms with Gasteiger partial charge in [-0.05, 0) is 38.8 Å². The zero-order valence-electron chi connectivity index (χ0n) is 16.2. The van der Waals surface area contributed by atoms with E-state index in [0.717, 1.165) is 18.9 Å². The van der Waals surface area contributed by atoms with Crippen LogP contribution >= 0.6 is 0 Å². The molecule has 7 nitrogen and oxygen atoms in total. The fourth-order valence-electron chi connectivity index (χ4n) is 2.97. The molecule has 8 heteroatoms. The molecule has 0 aliphatic carbocycles. The van der Waals surface area contributed by atoms with Gasteiger partial charge in [-0.2, -0.15) is 4.98 Å². The molecule has 1 aliphatic rings. The number of hydrogen-bond acceptors (Lipinski definition) is 6. The summed E-state index contributed by atoms with van der Waals surface area (Å²) in [5.74, 6) is 1.21. The molecule has 1 aliphatic heterocycles. The average molecular weight is 388 g/mol. The highest BCUT2D eigenvalue weighted by atomic mass is 19.1. The van der Waals surface area contributed by atoms with Crippen LogP contribution in [0.2, 0.25) is 0 Å². The van der Waals surface area contributed by atoms with E-state index in [1.807, 2.05) is 13.0 Å². The molecule has 1 aromatic heterocycles. The van der Waals surface area contributed by atoms with Crippen LogP contribution in [0.25, 0.3) is 0 Å². The van der Waals surface area contributed by atoms with Gasteiger partial charge in [0.15, 0.2) is 17.7 Å².